The molecule has 0 saturated heterocycles. The highest BCUT2D eigenvalue weighted by molar-refractivity contribution is 8.00. The number of thioether (sulfide) groups is 1. The van der Waals surface area contributed by atoms with E-state index in [9.17, 15) is 13.2 Å². The zero-order valence-electron chi connectivity index (χ0n) is 7.44. The average molecular weight is 251 g/mol. The molecule has 80 valence electrons. The summed E-state index contributed by atoms with van der Waals surface area (Å²) in [7, 11) is 0. The van der Waals surface area contributed by atoms with Gasteiger partial charge in [0.1, 0.15) is 0 Å². The minimum absolute atomic E-state index is 0.129. The van der Waals surface area contributed by atoms with Gasteiger partial charge in [0.15, 0.2) is 0 Å². The van der Waals surface area contributed by atoms with Gasteiger partial charge in [0.05, 0.1) is 5.88 Å². The second-order valence-corrected chi connectivity index (χ2v) is 3.92. The fourth-order valence-electron chi connectivity index (χ4n) is 0.906. The van der Waals surface area contributed by atoms with Crippen LogP contribution >= 0.6 is 23.4 Å². The molecule has 0 amide bonds. The molecule has 0 atom stereocenters. The van der Waals surface area contributed by atoms with Crippen molar-refractivity contribution in [3.63, 3.8) is 0 Å². The summed E-state index contributed by atoms with van der Waals surface area (Å²) < 4.78 is 36.1. The summed E-state index contributed by atoms with van der Waals surface area (Å²) in [5, 5.41) is 0. The molecule has 15 heavy (non-hydrogen) atoms. The van der Waals surface area contributed by atoms with E-state index in [4.69, 9.17) is 11.6 Å². The lowest BCUT2D eigenvalue weighted by Crippen LogP contribution is -1.98. The fraction of sp³-hybridized carbons (Fsp3) is 0.200. The van der Waals surface area contributed by atoms with Gasteiger partial charge in [0, 0.05) is 10.5 Å². The molecule has 0 aromatic heterocycles. The lowest BCUT2D eigenvalue weighted by Gasteiger charge is -2.04. The Morgan fingerprint density at radius 1 is 1.33 bits per heavy atom. The summed E-state index contributed by atoms with van der Waals surface area (Å²) in [5.41, 5.74) is -3.73. The van der Waals surface area contributed by atoms with Crippen LogP contribution in [0.4, 0.5) is 13.2 Å². The molecule has 0 aliphatic rings. The molecular weight excluding hydrogens is 245 g/mol. The van der Waals surface area contributed by atoms with Crippen LogP contribution in [0.5, 0.6) is 0 Å². The normalized spacial score (nSPS) is 10.7. The molecule has 0 saturated carbocycles. The fourth-order valence-corrected chi connectivity index (χ4v) is 1.57. The third-order valence-electron chi connectivity index (χ3n) is 1.37. The van der Waals surface area contributed by atoms with Gasteiger partial charge < -0.3 is 0 Å². The van der Waals surface area contributed by atoms with Gasteiger partial charge in [-0.3, -0.25) is 0 Å². The Morgan fingerprint density at radius 3 is 2.67 bits per heavy atom. The van der Waals surface area contributed by atoms with Crippen LogP contribution < -0.4 is 0 Å². The second-order valence-electron chi connectivity index (χ2n) is 2.51. The molecule has 0 spiro atoms. The number of rotatable bonds is 1. The molecule has 0 nitrogen and oxygen atoms in total. The summed E-state index contributed by atoms with van der Waals surface area (Å²) in [5.74, 6) is 5.40. The van der Waals surface area contributed by atoms with E-state index in [-0.39, 0.29) is 22.5 Å². The Bertz CT molecular complexity index is 390. The van der Waals surface area contributed by atoms with Crippen molar-refractivity contribution in [3.8, 4) is 11.8 Å². The van der Waals surface area contributed by atoms with Crippen molar-refractivity contribution in [2.24, 2.45) is 0 Å². The van der Waals surface area contributed by atoms with Crippen LogP contribution in [0.15, 0.2) is 29.2 Å². The Balaban J connectivity index is 2.83. The van der Waals surface area contributed by atoms with Crippen LogP contribution in [0.1, 0.15) is 5.56 Å². The van der Waals surface area contributed by atoms with Crippen molar-refractivity contribution in [3.05, 3.63) is 29.8 Å². The summed E-state index contributed by atoms with van der Waals surface area (Å²) in [6, 6.07) is 5.95. The van der Waals surface area contributed by atoms with E-state index in [1.165, 1.54) is 18.2 Å². The lowest BCUT2D eigenvalue weighted by atomic mass is 10.2. The minimum Gasteiger partial charge on any atom is -0.160 e. The quantitative estimate of drug-likeness (QED) is 0.414. The number of hydrogen-bond donors (Lipinski definition) is 0. The summed E-state index contributed by atoms with van der Waals surface area (Å²) in [6.07, 6.45) is 0. The van der Waals surface area contributed by atoms with Crippen molar-refractivity contribution in [2.75, 3.05) is 5.88 Å². The predicted molar refractivity (Wildman–Crippen MR) is 56.0 cm³/mol. The van der Waals surface area contributed by atoms with Crippen molar-refractivity contribution in [1.82, 2.24) is 0 Å². The molecule has 0 N–H and O–H groups in total. The maximum absolute atomic E-state index is 12.0. The monoisotopic (exact) mass is 250 g/mol. The largest absolute Gasteiger partial charge is 0.446 e. The molecule has 5 heteroatoms. The van der Waals surface area contributed by atoms with Gasteiger partial charge in [-0.1, -0.05) is 17.9 Å². The topological polar surface area (TPSA) is 0 Å². The highest BCUT2D eigenvalue weighted by Crippen LogP contribution is 2.36. The zero-order valence-corrected chi connectivity index (χ0v) is 9.01. The third kappa shape index (κ3) is 5.01. The van der Waals surface area contributed by atoms with Crippen molar-refractivity contribution in [1.29, 1.82) is 0 Å². The van der Waals surface area contributed by atoms with Gasteiger partial charge in [-0.15, -0.1) is 11.6 Å². The van der Waals surface area contributed by atoms with Crippen LogP contribution in [0.2, 0.25) is 0 Å². The smallest absolute Gasteiger partial charge is 0.160 e. The van der Waals surface area contributed by atoms with Crippen molar-refractivity contribution in [2.45, 2.75) is 10.4 Å². The Morgan fingerprint density at radius 2 is 2.07 bits per heavy atom. The van der Waals surface area contributed by atoms with E-state index >= 15 is 0 Å². The first-order chi connectivity index (χ1) is 7.01. The maximum atomic E-state index is 12.0. The lowest BCUT2D eigenvalue weighted by molar-refractivity contribution is -0.0328. The molecule has 1 rings (SSSR count). The van der Waals surface area contributed by atoms with Crippen LogP contribution in [0, 0.1) is 11.8 Å². The SMILES string of the molecule is FC(F)(F)Sc1cccc(C#CCCl)c1. The van der Waals surface area contributed by atoms with Gasteiger partial charge in [-0.2, -0.15) is 13.2 Å². The van der Waals surface area contributed by atoms with Gasteiger partial charge in [0.25, 0.3) is 0 Å². The molecule has 0 radical (unpaired) electrons. The van der Waals surface area contributed by atoms with E-state index in [1.54, 1.807) is 6.07 Å². The van der Waals surface area contributed by atoms with Crippen molar-refractivity contribution < 1.29 is 13.2 Å². The standard InChI is InChI=1S/C10H6ClF3S/c11-6-2-4-8-3-1-5-9(7-8)15-10(12,13)14/h1,3,5,7H,6H2. The minimum atomic E-state index is -4.27. The molecule has 0 aliphatic heterocycles. The van der Waals surface area contributed by atoms with Crippen LogP contribution in [0.25, 0.3) is 0 Å². The first kappa shape index (κ1) is 12.3. The number of hydrogen-bond acceptors (Lipinski definition) is 1. The van der Waals surface area contributed by atoms with Gasteiger partial charge >= 0.3 is 5.51 Å². The van der Waals surface area contributed by atoms with E-state index in [0.717, 1.165) is 0 Å². The predicted octanol–water partition coefficient (Wildman–Crippen LogP) is 3.89. The highest BCUT2D eigenvalue weighted by atomic mass is 35.5. The first-order valence-corrected chi connectivity index (χ1v) is 5.27. The van der Waals surface area contributed by atoms with Gasteiger partial charge in [-0.25, -0.2) is 0 Å². The van der Waals surface area contributed by atoms with Crippen molar-refractivity contribution >= 4 is 23.4 Å². The highest BCUT2D eigenvalue weighted by Gasteiger charge is 2.29. The van der Waals surface area contributed by atoms with E-state index in [1.807, 2.05) is 0 Å². The maximum Gasteiger partial charge on any atom is 0.446 e. The van der Waals surface area contributed by atoms with Gasteiger partial charge in [-0.05, 0) is 30.0 Å². The molecule has 0 aliphatic carbocycles. The van der Waals surface area contributed by atoms with Gasteiger partial charge in [0.2, 0.25) is 0 Å². The Hall–Kier alpha value is -0.790. The van der Waals surface area contributed by atoms with Crippen LogP contribution in [0.3, 0.4) is 0 Å². The van der Waals surface area contributed by atoms with Crippen LogP contribution in [-0.2, 0) is 0 Å². The average Bonchev–Trinajstić information content (AvgIpc) is 2.12. The summed E-state index contributed by atoms with van der Waals surface area (Å²) in [6.45, 7) is 0. The number of benzene rings is 1. The molecular formula is C10H6ClF3S. The molecule has 0 bridgehead atoms. The molecule has 0 heterocycles. The van der Waals surface area contributed by atoms with E-state index < -0.39 is 5.51 Å². The Labute approximate surface area is 94.8 Å². The number of alkyl halides is 4. The molecule has 0 fully saturated rings. The summed E-state index contributed by atoms with van der Waals surface area (Å²) in [4.78, 5) is 0.129. The Kier molecular flexibility index (Phi) is 4.37. The molecule has 0 unspecified atom stereocenters. The van der Waals surface area contributed by atoms with E-state index in [0.29, 0.717) is 5.56 Å². The summed E-state index contributed by atoms with van der Waals surface area (Å²) >= 11 is 5.19. The van der Waals surface area contributed by atoms with Crippen LogP contribution in [-0.4, -0.2) is 11.4 Å². The first-order valence-electron chi connectivity index (χ1n) is 3.92. The molecule has 1 aromatic carbocycles. The molecule has 1 aromatic rings. The second kappa shape index (κ2) is 5.34. The third-order valence-corrected chi connectivity index (χ3v) is 2.22. The zero-order chi connectivity index (χ0) is 11.3. The van der Waals surface area contributed by atoms with E-state index in [2.05, 4.69) is 11.8 Å². The number of halogens is 4.